The molecule has 1 aromatic carbocycles. The van der Waals surface area contributed by atoms with Crippen molar-refractivity contribution in [3.05, 3.63) is 59.9 Å². The van der Waals surface area contributed by atoms with E-state index in [0.29, 0.717) is 22.6 Å². The Labute approximate surface area is 120 Å². The molecule has 0 fully saturated rings. The smallest absolute Gasteiger partial charge is 0.192 e. The standard InChI is InChI=1S/C15H8N6/c16-8-11-3-1-4-12(7-11)14-10-19-21(20-14)15-13(9-17)5-2-6-18-15/h1-7,10H. The van der Waals surface area contributed by atoms with Crippen molar-refractivity contribution in [2.24, 2.45) is 0 Å². The fourth-order valence-corrected chi connectivity index (χ4v) is 1.89. The van der Waals surface area contributed by atoms with E-state index in [2.05, 4.69) is 27.3 Å². The number of aromatic nitrogens is 4. The van der Waals surface area contributed by atoms with Gasteiger partial charge in [-0.15, -0.1) is 9.90 Å². The lowest BCUT2D eigenvalue weighted by molar-refractivity contribution is 0.728. The summed E-state index contributed by atoms with van der Waals surface area (Å²) in [5.74, 6) is 0.377. The molecule has 0 aliphatic carbocycles. The van der Waals surface area contributed by atoms with Crippen LogP contribution in [0.15, 0.2) is 48.8 Å². The maximum absolute atomic E-state index is 9.08. The van der Waals surface area contributed by atoms with Crippen molar-refractivity contribution in [3.63, 3.8) is 0 Å². The zero-order valence-electron chi connectivity index (χ0n) is 10.8. The van der Waals surface area contributed by atoms with Gasteiger partial charge in [0.15, 0.2) is 5.82 Å². The van der Waals surface area contributed by atoms with E-state index in [9.17, 15) is 0 Å². The largest absolute Gasteiger partial charge is 0.234 e. The van der Waals surface area contributed by atoms with Crippen molar-refractivity contribution < 1.29 is 0 Å². The molecule has 0 atom stereocenters. The van der Waals surface area contributed by atoms with Gasteiger partial charge < -0.3 is 0 Å². The summed E-state index contributed by atoms with van der Waals surface area (Å²) in [6.45, 7) is 0. The summed E-state index contributed by atoms with van der Waals surface area (Å²) in [4.78, 5) is 5.44. The Balaban J connectivity index is 2.05. The summed E-state index contributed by atoms with van der Waals surface area (Å²) in [6, 6.07) is 14.6. The van der Waals surface area contributed by atoms with Gasteiger partial charge in [-0.2, -0.15) is 15.6 Å². The van der Waals surface area contributed by atoms with E-state index in [0.717, 1.165) is 5.56 Å². The van der Waals surface area contributed by atoms with E-state index in [4.69, 9.17) is 10.5 Å². The summed E-state index contributed by atoms with van der Waals surface area (Å²) in [7, 11) is 0. The van der Waals surface area contributed by atoms with Crippen LogP contribution < -0.4 is 0 Å². The van der Waals surface area contributed by atoms with Gasteiger partial charge >= 0.3 is 0 Å². The average Bonchev–Trinajstić information content (AvgIpc) is 3.04. The van der Waals surface area contributed by atoms with E-state index >= 15 is 0 Å². The molecule has 0 radical (unpaired) electrons. The van der Waals surface area contributed by atoms with Crippen molar-refractivity contribution in [1.82, 2.24) is 20.0 Å². The van der Waals surface area contributed by atoms with E-state index in [1.807, 2.05) is 6.07 Å². The van der Waals surface area contributed by atoms with Crippen molar-refractivity contribution in [1.29, 1.82) is 10.5 Å². The molecular weight excluding hydrogens is 264 g/mol. The van der Waals surface area contributed by atoms with Crippen LogP contribution >= 0.6 is 0 Å². The normalized spacial score (nSPS) is 9.81. The third kappa shape index (κ3) is 2.34. The van der Waals surface area contributed by atoms with Crippen molar-refractivity contribution >= 4 is 0 Å². The van der Waals surface area contributed by atoms with Gasteiger partial charge in [-0.1, -0.05) is 12.1 Å². The van der Waals surface area contributed by atoms with Crippen LogP contribution in [0.5, 0.6) is 0 Å². The number of nitrogens with zero attached hydrogens (tertiary/aromatic N) is 6. The van der Waals surface area contributed by atoms with Crippen LogP contribution in [0, 0.1) is 22.7 Å². The molecular formula is C15H8N6. The third-order valence-electron chi connectivity index (χ3n) is 2.88. The number of pyridine rings is 1. The summed E-state index contributed by atoms with van der Waals surface area (Å²) < 4.78 is 0. The molecule has 0 amide bonds. The fraction of sp³-hybridized carbons (Fsp3) is 0. The number of hydrogen-bond acceptors (Lipinski definition) is 5. The minimum atomic E-state index is 0.377. The molecule has 98 valence electrons. The first-order valence-electron chi connectivity index (χ1n) is 6.10. The molecule has 2 aromatic heterocycles. The van der Waals surface area contributed by atoms with Crippen LogP contribution in [0.3, 0.4) is 0 Å². The van der Waals surface area contributed by atoms with Crippen LogP contribution in [-0.4, -0.2) is 20.0 Å². The topological polar surface area (TPSA) is 91.2 Å². The Kier molecular flexibility index (Phi) is 3.12. The highest BCUT2D eigenvalue weighted by Crippen LogP contribution is 2.18. The molecule has 3 rings (SSSR count). The zero-order chi connectivity index (χ0) is 14.7. The molecule has 0 bridgehead atoms. The molecule has 0 saturated carbocycles. The maximum atomic E-state index is 9.08. The molecule has 6 nitrogen and oxygen atoms in total. The van der Waals surface area contributed by atoms with Crippen molar-refractivity contribution in [2.45, 2.75) is 0 Å². The quantitative estimate of drug-likeness (QED) is 0.712. The van der Waals surface area contributed by atoms with Crippen molar-refractivity contribution in [3.8, 4) is 29.2 Å². The Morgan fingerprint density at radius 1 is 1.05 bits per heavy atom. The summed E-state index contributed by atoms with van der Waals surface area (Å²) in [5, 5.41) is 26.5. The number of nitriles is 2. The molecule has 0 N–H and O–H groups in total. The van der Waals surface area contributed by atoms with Gasteiger partial charge in [0.05, 0.1) is 23.4 Å². The van der Waals surface area contributed by atoms with Gasteiger partial charge in [0.25, 0.3) is 0 Å². The molecule has 6 heteroatoms. The van der Waals surface area contributed by atoms with Crippen molar-refractivity contribution in [2.75, 3.05) is 0 Å². The van der Waals surface area contributed by atoms with Crippen LogP contribution in [0.25, 0.3) is 17.1 Å². The van der Waals surface area contributed by atoms with Crippen LogP contribution in [-0.2, 0) is 0 Å². The number of hydrogen-bond donors (Lipinski definition) is 0. The monoisotopic (exact) mass is 272 g/mol. The lowest BCUT2D eigenvalue weighted by atomic mass is 10.1. The Bertz CT molecular complexity index is 881. The molecule has 0 unspecified atom stereocenters. The predicted octanol–water partition coefficient (Wildman–Crippen LogP) is 2.07. The Hall–Kier alpha value is -3.51. The minimum absolute atomic E-state index is 0.377. The second-order valence-corrected chi connectivity index (χ2v) is 4.20. The lowest BCUT2D eigenvalue weighted by Gasteiger charge is -2.00. The van der Waals surface area contributed by atoms with Gasteiger partial charge in [-0.3, -0.25) is 0 Å². The first kappa shape index (κ1) is 12.5. The predicted molar refractivity (Wildman–Crippen MR) is 74.0 cm³/mol. The second-order valence-electron chi connectivity index (χ2n) is 4.20. The highest BCUT2D eigenvalue weighted by atomic mass is 15.5. The molecule has 21 heavy (non-hydrogen) atoms. The third-order valence-corrected chi connectivity index (χ3v) is 2.88. The zero-order valence-corrected chi connectivity index (χ0v) is 10.8. The summed E-state index contributed by atoms with van der Waals surface area (Å²) in [6.07, 6.45) is 3.15. The molecule has 0 saturated heterocycles. The molecule has 0 aliphatic rings. The SMILES string of the molecule is N#Cc1cccc(-c2cnn(-c3ncccc3C#N)n2)c1. The van der Waals surface area contributed by atoms with E-state index in [-0.39, 0.29) is 0 Å². The van der Waals surface area contributed by atoms with E-state index in [1.54, 1.807) is 42.7 Å². The fourth-order valence-electron chi connectivity index (χ4n) is 1.89. The lowest BCUT2D eigenvalue weighted by Crippen LogP contribution is -2.04. The molecule has 3 aromatic rings. The first-order chi connectivity index (χ1) is 10.3. The highest BCUT2D eigenvalue weighted by molar-refractivity contribution is 5.60. The summed E-state index contributed by atoms with van der Waals surface area (Å²) >= 11 is 0. The van der Waals surface area contributed by atoms with Gasteiger partial charge in [-0.05, 0) is 24.3 Å². The van der Waals surface area contributed by atoms with Gasteiger partial charge in [-0.25, -0.2) is 4.98 Å². The molecule has 2 heterocycles. The second kappa shape index (κ2) is 5.24. The Morgan fingerprint density at radius 3 is 2.76 bits per heavy atom. The molecule has 0 spiro atoms. The Morgan fingerprint density at radius 2 is 1.95 bits per heavy atom. The van der Waals surface area contributed by atoms with Crippen LogP contribution in [0.1, 0.15) is 11.1 Å². The number of benzene rings is 1. The molecule has 0 aliphatic heterocycles. The average molecular weight is 272 g/mol. The van der Waals surface area contributed by atoms with Gasteiger partial charge in [0, 0.05) is 11.8 Å². The van der Waals surface area contributed by atoms with Crippen LogP contribution in [0.4, 0.5) is 0 Å². The maximum Gasteiger partial charge on any atom is 0.192 e. The minimum Gasteiger partial charge on any atom is -0.234 e. The van der Waals surface area contributed by atoms with E-state index < -0.39 is 0 Å². The first-order valence-corrected chi connectivity index (χ1v) is 6.10. The van der Waals surface area contributed by atoms with Gasteiger partial charge in [0.2, 0.25) is 0 Å². The summed E-state index contributed by atoms with van der Waals surface area (Å²) in [5.41, 5.74) is 2.35. The van der Waals surface area contributed by atoms with Crippen LogP contribution in [0.2, 0.25) is 0 Å². The highest BCUT2D eigenvalue weighted by Gasteiger charge is 2.10. The van der Waals surface area contributed by atoms with Gasteiger partial charge in [0.1, 0.15) is 11.8 Å². The van der Waals surface area contributed by atoms with E-state index in [1.165, 1.54) is 4.80 Å². The number of rotatable bonds is 2.